The molecule has 2 heterocycles. The molecule has 0 atom stereocenters. The molecule has 1 aliphatic rings. The summed E-state index contributed by atoms with van der Waals surface area (Å²) >= 11 is 6.17. The van der Waals surface area contributed by atoms with E-state index in [9.17, 15) is 13.2 Å². The average Bonchev–Trinajstić information content (AvgIpc) is 3.21. The summed E-state index contributed by atoms with van der Waals surface area (Å²) in [5.41, 5.74) is 3.47. The van der Waals surface area contributed by atoms with Gasteiger partial charge in [-0.1, -0.05) is 35.9 Å². The third kappa shape index (κ3) is 4.87. The molecule has 0 saturated carbocycles. The Bertz CT molecular complexity index is 1640. The van der Waals surface area contributed by atoms with Crippen LogP contribution in [0.4, 0.5) is 5.69 Å². The fraction of sp³-hybridized carbons (Fsp3) is 0.214. The molecule has 1 aliphatic heterocycles. The summed E-state index contributed by atoms with van der Waals surface area (Å²) in [5, 5.41) is 1.16. The van der Waals surface area contributed by atoms with E-state index in [0.29, 0.717) is 45.0 Å². The number of fused-ring (bicyclic) bond motifs is 2. The van der Waals surface area contributed by atoms with Gasteiger partial charge in [-0.2, -0.15) is 0 Å². The van der Waals surface area contributed by atoms with E-state index in [0.717, 1.165) is 23.1 Å². The number of benzene rings is 3. The first-order valence-electron chi connectivity index (χ1n) is 11.8. The van der Waals surface area contributed by atoms with Crippen LogP contribution in [0, 0.1) is 0 Å². The number of pyridine rings is 1. The molecule has 0 unspecified atom stereocenters. The lowest BCUT2D eigenvalue weighted by Gasteiger charge is -2.23. The van der Waals surface area contributed by atoms with Gasteiger partial charge in [-0.05, 0) is 47.5 Å². The normalized spacial score (nSPS) is 13.1. The Morgan fingerprint density at radius 3 is 2.53 bits per heavy atom. The quantitative estimate of drug-likeness (QED) is 0.305. The zero-order valence-electron chi connectivity index (χ0n) is 21.1. The third-order valence-electron chi connectivity index (χ3n) is 6.56. The zero-order valence-corrected chi connectivity index (χ0v) is 22.7. The van der Waals surface area contributed by atoms with Crippen molar-refractivity contribution in [2.45, 2.75) is 19.7 Å². The number of carbonyl (C=O) groups excluding carboxylic acids is 1. The molecule has 0 saturated heterocycles. The first kappa shape index (κ1) is 25.8. The first-order valence-corrected chi connectivity index (χ1v) is 14.1. The monoisotopic (exact) mass is 551 g/mol. The zero-order chi connectivity index (χ0) is 27.0. The number of nitrogens with zero attached hydrogens (tertiary/aromatic N) is 3. The summed E-state index contributed by atoms with van der Waals surface area (Å²) in [6, 6.07) is 18.3. The van der Waals surface area contributed by atoms with Crippen molar-refractivity contribution < 1.29 is 22.7 Å². The molecule has 0 N–H and O–H groups in total. The van der Waals surface area contributed by atoms with Crippen LogP contribution in [-0.2, 0) is 29.7 Å². The van der Waals surface area contributed by atoms with Crippen LogP contribution in [0.3, 0.4) is 0 Å². The SMILES string of the molecule is COc1ccc(COc2c3c(c(N(C)S(C)(=O)=O)c4cccnc24)CN(Cc2cccc(Cl)c2)C3=O)cc1. The Hall–Kier alpha value is -3.82. The van der Waals surface area contributed by atoms with E-state index >= 15 is 0 Å². The van der Waals surface area contributed by atoms with Crippen LogP contribution in [0.15, 0.2) is 66.9 Å². The van der Waals surface area contributed by atoms with Crippen LogP contribution in [0.5, 0.6) is 11.5 Å². The van der Waals surface area contributed by atoms with Crippen molar-refractivity contribution in [3.05, 3.63) is 94.1 Å². The lowest BCUT2D eigenvalue weighted by molar-refractivity contribution is 0.0763. The van der Waals surface area contributed by atoms with E-state index in [1.807, 2.05) is 36.4 Å². The van der Waals surface area contributed by atoms with Crippen LogP contribution in [0.25, 0.3) is 10.9 Å². The second-order valence-corrected chi connectivity index (χ2v) is 11.5. The van der Waals surface area contributed by atoms with E-state index in [-0.39, 0.29) is 19.1 Å². The minimum atomic E-state index is -3.64. The predicted molar refractivity (Wildman–Crippen MR) is 147 cm³/mol. The molecule has 4 aromatic rings. The maximum Gasteiger partial charge on any atom is 0.258 e. The number of amides is 1. The summed E-state index contributed by atoms with van der Waals surface area (Å²) in [7, 11) is -0.552. The molecule has 5 rings (SSSR count). The van der Waals surface area contributed by atoms with E-state index in [1.54, 1.807) is 42.5 Å². The first-order chi connectivity index (χ1) is 18.2. The molecule has 1 amide bonds. The van der Waals surface area contributed by atoms with Gasteiger partial charge in [0.2, 0.25) is 10.0 Å². The summed E-state index contributed by atoms with van der Waals surface area (Å²) in [6.07, 6.45) is 2.73. The van der Waals surface area contributed by atoms with Crippen LogP contribution in [0.1, 0.15) is 27.0 Å². The number of rotatable bonds is 8. The van der Waals surface area contributed by atoms with Crippen molar-refractivity contribution >= 4 is 44.1 Å². The largest absolute Gasteiger partial charge is 0.497 e. The van der Waals surface area contributed by atoms with Crippen molar-refractivity contribution in [1.29, 1.82) is 0 Å². The highest BCUT2D eigenvalue weighted by molar-refractivity contribution is 7.92. The minimum Gasteiger partial charge on any atom is -0.497 e. The van der Waals surface area contributed by atoms with Crippen LogP contribution in [0.2, 0.25) is 5.02 Å². The molecule has 38 heavy (non-hydrogen) atoms. The number of aromatic nitrogens is 1. The molecule has 0 aliphatic carbocycles. The standard InChI is InChI=1S/C28H26ClN3O5S/c1-31(38(3,34)35)26-22-8-5-13-30-25(22)27(37-17-18-9-11-21(36-2)12-10-18)24-23(26)16-32(28(24)33)15-19-6-4-7-20(29)14-19/h4-14H,15-17H2,1-3H3. The van der Waals surface area contributed by atoms with Crippen LogP contribution < -0.4 is 13.8 Å². The Kier molecular flexibility index (Phi) is 6.90. The van der Waals surface area contributed by atoms with E-state index < -0.39 is 10.0 Å². The molecule has 0 spiro atoms. The van der Waals surface area contributed by atoms with Gasteiger partial charge in [-0.3, -0.25) is 14.1 Å². The highest BCUT2D eigenvalue weighted by Crippen LogP contribution is 2.45. The Balaban J connectivity index is 1.64. The molecule has 3 aromatic carbocycles. The number of methoxy groups -OCH3 is 1. The Labute approximate surface area is 226 Å². The van der Waals surface area contributed by atoms with Gasteiger partial charge in [0.1, 0.15) is 17.9 Å². The summed E-state index contributed by atoms with van der Waals surface area (Å²) in [6.45, 7) is 0.697. The van der Waals surface area contributed by atoms with Crippen molar-refractivity contribution in [1.82, 2.24) is 9.88 Å². The number of anilines is 1. The van der Waals surface area contributed by atoms with Gasteiger partial charge in [-0.15, -0.1) is 0 Å². The molecular weight excluding hydrogens is 526 g/mol. The van der Waals surface area contributed by atoms with Gasteiger partial charge in [-0.25, -0.2) is 8.42 Å². The molecule has 0 bridgehead atoms. The molecule has 10 heteroatoms. The highest BCUT2D eigenvalue weighted by atomic mass is 35.5. The molecule has 196 valence electrons. The van der Waals surface area contributed by atoms with E-state index in [2.05, 4.69) is 4.98 Å². The Morgan fingerprint density at radius 1 is 1.08 bits per heavy atom. The second kappa shape index (κ2) is 10.2. The van der Waals surface area contributed by atoms with Crippen molar-refractivity contribution in [2.24, 2.45) is 0 Å². The fourth-order valence-electron chi connectivity index (χ4n) is 4.64. The Morgan fingerprint density at radius 2 is 1.84 bits per heavy atom. The van der Waals surface area contributed by atoms with E-state index in [4.69, 9.17) is 21.1 Å². The summed E-state index contributed by atoms with van der Waals surface area (Å²) in [4.78, 5) is 20.1. The molecule has 0 radical (unpaired) electrons. The minimum absolute atomic E-state index is 0.185. The van der Waals surface area contributed by atoms with E-state index in [1.165, 1.54) is 11.4 Å². The number of ether oxygens (including phenoxy) is 2. The van der Waals surface area contributed by atoms with Gasteiger partial charge >= 0.3 is 0 Å². The van der Waals surface area contributed by atoms with Crippen molar-refractivity contribution in [2.75, 3.05) is 24.7 Å². The summed E-state index contributed by atoms with van der Waals surface area (Å²) < 4.78 is 38.1. The maximum absolute atomic E-state index is 13.9. The van der Waals surface area contributed by atoms with Gasteiger partial charge in [0.05, 0.1) is 24.6 Å². The lowest BCUT2D eigenvalue weighted by atomic mass is 10.0. The number of halogens is 1. The molecular formula is C28H26ClN3O5S. The number of carbonyl (C=O) groups is 1. The second-order valence-electron chi connectivity index (χ2n) is 9.09. The number of sulfonamides is 1. The molecule has 0 fully saturated rings. The predicted octanol–water partition coefficient (Wildman–Crippen LogP) is 5.03. The fourth-order valence-corrected chi connectivity index (χ4v) is 5.39. The molecule has 8 nitrogen and oxygen atoms in total. The van der Waals surface area contributed by atoms with Gasteiger partial charge < -0.3 is 14.4 Å². The smallest absolute Gasteiger partial charge is 0.258 e. The lowest BCUT2D eigenvalue weighted by Crippen LogP contribution is -2.26. The summed E-state index contributed by atoms with van der Waals surface area (Å²) in [5.74, 6) is 0.790. The van der Waals surface area contributed by atoms with Crippen LogP contribution >= 0.6 is 11.6 Å². The van der Waals surface area contributed by atoms with Gasteiger partial charge in [0.25, 0.3) is 5.91 Å². The van der Waals surface area contributed by atoms with Crippen molar-refractivity contribution in [3.8, 4) is 11.5 Å². The topological polar surface area (TPSA) is 89.0 Å². The van der Waals surface area contributed by atoms with Gasteiger partial charge in [0, 0.05) is 42.3 Å². The highest BCUT2D eigenvalue weighted by Gasteiger charge is 2.37. The number of hydrogen-bond donors (Lipinski definition) is 0. The number of hydrogen-bond acceptors (Lipinski definition) is 6. The third-order valence-corrected chi connectivity index (χ3v) is 7.97. The van der Waals surface area contributed by atoms with Crippen LogP contribution in [-0.4, -0.2) is 44.6 Å². The molecule has 1 aromatic heterocycles. The van der Waals surface area contributed by atoms with Crippen molar-refractivity contribution in [3.63, 3.8) is 0 Å². The average molecular weight is 552 g/mol. The van der Waals surface area contributed by atoms with Gasteiger partial charge in [0.15, 0.2) is 5.75 Å². The maximum atomic E-state index is 13.9.